The van der Waals surface area contributed by atoms with Gasteiger partial charge in [0, 0.05) is 12.8 Å². The Morgan fingerprint density at radius 3 is 2.95 bits per heavy atom. The minimum absolute atomic E-state index is 0.0840. The summed E-state index contributed by atoms with van der Waals surface area (Å²) in [4.78, 5) is 24.1. The zero-order valence-electron chi connectivity index (χ0n) is 11.6. The highest BCUT2D eigenvalue weighted by atomic mass is 16.6. The zero-order chi connectivity index (χ0) is 14.2. The molecule has 5 atom stereocenters. The molecule has 2 aliphatic rings. The minimum atomic E-state index is -0.400. The summed E-state index contributed by atoms with van der Waals surface area (Å²) < 4.78 is 10.7. The van der Waals surface area contributed by atoms with Crippen molar-refractivity contribution in [2.75, 3.05) is 0 Å². The van der Waals surface area contributed by atoms with Crippen LogP contribution in [0.25, 0.3) is 0 Å². The fraction of sp³-hybridized carbons (Fsp3) is 0.733. The second-order valence-electron chi connectivity index (χ2n) is 6.04. The van der Waals surface area contributed by atoms with Crippen molar-refractivity contribution in [3.63, 3.8) is 0 Å². The number of hydrogen-bond donors (Lipinski definition) is 0. The first-order chi connectivity index (χ1) is 8.86. The molecule has 0 aromatic rings. The second-order valence-corrected chi connectivity index (χ2v) is 6.04. The minimum Gasteiger partial charge on any atom is -0.461 e. The van der Waals surface area contributed by atoms with E-state index in [1.165, 1.54) is 0 Å². The van der Waals surface area contributed by atoms with Gasteiger partial charge in [0.2, 0.25) is 0 Å². The predicted octanol–water partition coefficient (Wildman–Crippen LogP) is 1.92. The molecule has 0 unspecified atom stereocenters. The monoisotopic (exact) mass is 264 g/mol. The lowest BCUT2D eigenvalue weighted by molar-refractivity contribution is -0.160. The van der Waals surface area contributed by atoms with E-state index in [-0.39, 0.29) is 29.9 Å². The van der Waals surface area contributed by atoms with Crippen LogP contribution in [0.2, 0.25) is 0 Å². The highest BCUT2D eigenvalue weighted by Crippen LogP contribution is 2.48. The van der Waals surface area contributed by atoms with E-state index in [0.29, 0.717) is 19.3 Å². The van der Waals surface area contributed by atoms with Crippen LogP contribution in [-0.4, -0.2) is 23.6 Å². The first kappa shape index (κ1) is 13.9. The van der Waals surface area contributed by atoms with E-state index >= 15 is 0 Å². The van der Waals surface area contributed by atoms with Gasteiger partial charge in [-0.3, -0.25) is 9.59 Å². The van der Waals surface area contributed by atoms with Crippen LogP contribution in [0.3, 0.4) is 0 Å². The number of hydrogen-bond acceptors (Lipinski definition) is 4. The van der Waals surface area contributed by atoms with Crippen molar-refractivity contribution in [2.45, 2.75) is 51.7 Å². The molecule has 4 heteroatoms. The van der Waals surface area contributed by atoms with E-state index in [1.54, 1.807) is 6.92 Å². The second kappa shape index (κ2) is 4.88. The van der Waals surface area contributed by atoms with Gasteiger partial charge in [0.05, 0.1) is 11.8 Å². The maximum absolute atomic E-state index is 12.2. The summed E-state index contributed by atoms with van der Waals surface area (Å²) in [5, 5.41) is 0. The number of rotatable bonds is 3. The van der Waals surface area contributed by atoms with Crippen molar-refractivity contribution in [2.24, 2.45) is 17.8 Å². The summed E-state index contributed by atoms with van der Waals surface area (Å²) in [5.41, 5.74) is -0.400. The van der Waals surface area contributed by atoms with Crippen LogP contribution >= 0.6 is 0 Å². The molecular formula is C15H20O4. The average molecular weight is 264 g/mol. The molecule has 104 valence electrons. The number of esters is 2. The van der Waals surface area contributed by atoms with E-state index in [9.17, 15) is 9.59 Å². The molecule has 1 aliphatic heterocycles. The van der Waals surface area contributed by atoms with Crippen molar-refractivity contribution in [1.29, 1.82) is 0 Å². The fourth-order valence-corrected chi connectivity index (χ4v) is 3.39. The van der Waals surface area contributed by atoms with Gasteiger partial charge < -0.3 is 9.47 Å². The van der Waals surface area contributed by atoms with Gasteiger partial charge in [0.1, 0.15) is 11.7 Å². The van der Waals surface area contributed by atoms with E-state index in [2.05, 4.69) is 5.92 Å². The molecule has 2 rings (SSSR count). The van der Waals surface area contributed by atoms with Gasteiger partial charge in [-0.15, -0.1) is 12.3 Å². The van der Waals surface area contributed by atoms with Gasteiger partial charge in [0.25, 0.3) is 0 Å². The van der Waals surface area contributed by atoms with Crippen LogP contribution in [0.15, 0.2) is 0 Å². The Morgan fingerprint density at radius 2 is 2.32 bits per heavy atom. The summed E-state index contributed by atoms with van der Waals surface area (Å²) in [5.74, 6) is 1.21. The van der Waals surface area contributed by atoms with Crippen LogP contribution in [-0.2, 0) is 19.1 Å². The van der Waals surface area contributed by atoms with Crippen LogP contribution in [0, 0.1) is 30.1 Å². The molecule has 0 spiro atoms. The Labute approximate surface area is 113 Å². The van der Waals surface area contributed by atoms with E-state index in [0.717, 1.165) is 0 Å². The number of carbonyl (C=O) groups excluding carboxylic acids is 2. The standard InChI is InChI=1S/C15H20O4/c1-5-6-10(3)18-14(17)12-9(2)7-15(4)8-11(12)13(16)19-15/h1,9-12H,6-8H2,2-4H3/t9-,10-,11-,12+,15-/m1/s1. The van der Waals surface area contributed by atoms with Crippen molar-refractivity contribution >= 4 is 11.9 Å². The average Bonchev–Trinajstić information content (AvgIpc) is 2.49. The number of carbonyl (C=O) groups is 2. The smallest absolute Gasteiger partial charge is 0.310 e. The third kappa shape index (κ3) is 2.60. The topological polar surface area (TPSA) is 52.6 Å². The third-order valence-electron chi connectivity index (χ3n) is 4.10. The zero-order valence-corrected chi connectivity index (χ0v) is 11.6. The molecule has 1 heterocycles. The molecule has 0 amide bonds. The summed E-state index contributed by atoms with van der Waals surface area (Å²) in [6, 6.07) is 0. The molecule has 2 fully saturated rings. The maximum atomic E-state index is 12.2. The SMILES string of the molecule is C#CC[C@@H](C)OC(=O)[C@H]1[C@H](C)C[C@]2(C)C[C@H]1C(=O)O2. The first-order valence-corrected chi connectivity index (χ1v) is 6.73. The molecule has 0 radical (unpaired) electrons. The Kier molecular flexibility index (Phi) is 3.58. The fourth-order valence-electron chi connectivity index (χ4n) is 3.39. The molecule has 0 aromatic carbocycles. The lowest BCUT2D eigenvalue weighted by Crippen LogP contribution is -2.41. The summed E-state index contributed by atoms with van der Waals surface area (Å²) in [6.45, 7) is 5.68. The quantitative estimate of drug-likeness (QED) is 0.577. The van der Waals surface area contributed by atoms with Gasteiger partial charge in [-0.2, -0.15) is 0 Å². The molecular weight excluding hydrogens is 244 g/mol. The molecule has 19 heavy (non-hydrogen) atoms. The van der Waals surface area contributed by atoms with Crippen LogP contribution in [0.1, 0.15) is 40.0 Å². The van der Waals surface area contributed by atoms with Crippen molar-refractivity contribution in [1.82, 2.24) is 0 Å². The Morgan fingerprint density at radius 1 is 1.63 bits per heavy atom. The molecule has 0 N–H and O–H groups in total. The van der Waals surface area contributed by atoms with Crippen LogP contribution in [0.4, 0.5) is 0 Å². The van der Waals surface area contributed by atoms with Gasteiger partial charge >= 0.3 is 11.9 Å². The highest BCUT2D eigenvalue weighted by molar-refractivity contribution is 5.84. The molecule has 1 saturated carbocycles. The summed E-state index contributed by atoms with van der Waals surface area (Å²) in [6.07, 6.45) is 6.59. The van der Waals surface area contributed by atoms with E-state index in [4.69, 9.17) is 15.9 Å². The maximum Gasteiger partial charge on any atom is 0.310 e. The van der Waals surface area contributed by atoms with Gasteiger partial charge in [-0.05, 0) is 26.2 Å². The van der Waals surface area contributed by atoms with Crippen molar-refractivity contribution < 1.29 is 19.1 Å². The Hall–Kier alpha value is -1.50. The number of fused-ring (bicyclic) bond motifs is 2. The highest BCUT2D eigenvalue weighted by Gasteiger charge is 2.56. The molecule has 2 bridgehead atoms. The van der Waals surface area contributed by atoms with Gasteiger partial charge in [0.15, 0.2) is 0 Å². The van der Waals surface area contributed by atoms with Gasteiger partial charge in [-0.25, -0.2) is 0 Å². The Bertz CT molecular complexity index is 436. The molecule has 0 aromatic heterocycles. The molecule has 1 saturated heterocycles. The number of terminal acetylenes is 1. The lowest BCUT2D eigenvalue weighted by atomic mass is 9.69. The van der Waals surface area contributed by atoms with Crippen molar-refractivity contribution in [3.8, 4) is 12.3 Å². The summed E-state index contributed by atoms with van der Waals surface area (Å²) >= 11 is 0. The Balaban J connectivity index is 2.09. The predicted molar refractivity (Wildman–Crippen MR) is 68.9 cm³/mol. The van der Waals surface area contributed by atoms with E-state index in [1.807, 2.05) is 13.8 Å². The number of ether oxygens (including phenoxy) is 2. The largest absolute Gasteiger partial charge is 0.461 e. The van der Waals surface area contributed by atoms with Crippen LogP contribution < -0.4 is 0 Å². The first-order valence-electron chi connectivity index (χ1n) is 6.73. The van der Waals surface area contributed by atoms with Gasteiger partial charge in [-0.1, -0.05) is 6.92 Å². The third-order valence-corrected chi connectivity index (χ3v) is 4.10. The summed E-state index contributed by atoms with van der Waals surface area (Å²) in [7, 11) is 0. The lowest BCUT2D eigenvalue weighted by Gasteiger charge is -2.35. The van der Waals surface area contributed by atoms with Crippen LogP contribution in [0.5, 0.6) is 0 Å². The van der Waals surface area contributed by atoms with E-state index < -0.39 is 11.5 Å². The molecule has 4 nitrogen and oxygen atoms in total. The molecule has 1 aliphatic carbocycles. The normalized spacial score (nSPS) is 38.2. The van der Waals surface area contributed by atoms with Crippen molar-refractivity contribution in [3.05, 3.63) is 0 Å².